The van der Waals surface area contributed by atoms with E-state index in [2.05, 4.69) is 26.1 Å². The van der Waals surface area contributed by atoms with Gasteiger partial charge in [0.05, 0.1) is 6.04 Å². The summed E-state index contributed by atoms with van der Waals surface area (Å²) < 4.78 is 27.3. The van der Waals surface area contributed by atoms with Crippen LogP contribution in [0.2, 0.25) is 0 Å². The maximum Gasteiger partial charge on any atom is 0.350 e. The first-order valence-corrected chi connectivity index (χ1v) is 9.35. The second-order valence-corrected chi connectivity index (χ2v) is 7.56. The fourth-order valence-electron chi connectivity index (χ4n) is 2.36. The van der Waals surface area contributed by atoms with E-state index in [0.717, 1.165) is 5.56 Å². The molecule has 2 aromatic rings. The summed E-state index contributed by atoms with van der Waals surface area (Å²) in [6.07, 6.45) is 3.38. The zero-order chi connectivity index (χ0) is 17.2. The number of hydrazine groups is 1. The van der Waals surface area contributed by atoms with Gasteiger partial charge in [-0.1, -0.05) is 42.5 Å². The minimum atomic E-state index is -3.99. The molecule has 0 spiro atoms. The summed E-state index contributed by atoms with van der Waals surface area (Å²) in [5.41, 5.74) is 3.63. The van der Waals surface area contributed by atoms with Gasteiger partial charge in [-0.2, -0.15) is 0 Å². The molecule has 0 fully saturated rings. The second kappa shape index (κ2) is 6.66. The van der Waals surface area contributed by atoms with Crippen LogP contribution in [0.3, 0.4) is 0 Å². The van der Waals surface area contributed by atoms with Crippen LogP contribution in [-0.4, -0.2) is 19.5 Å². The fourth-order valence-corrected chi connectivity index (χ4v) is 4.30. The molecule has 2 N–H and O–H groups in total. The van der Waals surface area contributed by atoms with Gasteiger partial charge in [0, 0.05) is 10.7 Å². The molecule has 1 unspecified atom stereocenters. The summed E-state index contributed by atoms with van der Waals surface area (Å²) in [7, 11) is -3.99. The summed E-state index contributed by atoms with van der Waals surface area (Å²) in [6.45, 7) is 0. The molecule has 0 aliphatic carbocycles. The molecule has 0 radical (unpaired) electrons. The molecular formula is C16H14BrN3O3S. The minimum absolute atomic E-state index is 0.00164. The highest BCUT2D eigenvalue weighted by atomic mass is 79.9. The smallest absolute Gasteiger partial charge is 0.301 e. The van der Waals surface area contributed by atoms with Gasteiger partial charge in [-0.05, 0) is 39.7 Å². The van der Waals surface area contributed by atoms with Crippen molar-refractivity contribution >= 4 is 32.0 Å². The molecule has 0 bridgehead atoms. The monoisotopic (exact) mass is 407 g/mol. The highest BCUT2D eigenvalue weighted by Gasteiger charge is 2.30. The van der Waals surface area contributed by atoms with Crippen LogP contribution in [0.15, 0.2) is 76.2 Å². The van der Waals surface area contributed by atoms with Crippen molar-refractivity contribution in [3.8, 4) is 0 Å². The van der Waals surface area contributed by atoms with Gasteiger partial charge in [-0.3, -0.25) is 0 Å². The average molecular weight is 408 g/mol. The zero-order valence-electron chi connectivity index (χ0n) is 12.4. The number of benzene rings is 2. The molecule has 3 rings (SSSR count). The van der Waals surface area contributed by atoms with E-state index in [-0.39, 0.29) is 10.9 Å². The van der Waals surface area contributed by atoms with E-state index >= 15 is 0 Å². The van der Waals surface area contributed by atoms with Crippen molar-refractivity contribution in [2.45, 2.75) is 10.9 Å². The molecule has 6 nitrogen and oxygen atoms in total. The molecule has 1 aliphatic rings. The molecule has 124 valence electrons. The number of carbonyl (C=O) groups is 1. The largest absolute Gasteiger partial charge is 0.350 e. The van der Waals surface area contributed by atoms with Crippen LogP contribution >= 0.6 is 15.9 Å². The van der Waals surface area contributed by atoms with Gasteiger partial charge in [-0.15, -0.1) is 0 Å². The van der Waals surface area contributed by atoms with Gasteiger partial charge in [0.1, 0.15) is 4.90 Å². The number of nitrogens with one attached hydrogen (secondary N) is 2. The lowest BCUT2D eigenvalue weighted by Gasteiger charge is -2.24. The molecule has 2 amide bonds. The quantitative estimate of drug-likeness (QED) is 0.819. The molecule has 8 heteroatoms. The Hall–Kier alpha value is -2.32. The van der Waals surface area contributed by atoms with Crippen molar-refractivity contribution in [3.63, 3.8) is 0 Å². The lowest BCUT2D eigenvalue weighted by atomic mass is 10.1. The Bertz CT molecular complexity index is 884. The van der Waals surface area contributed by atoms with E-state index in [4.69, 9.17) is 0 Å². The van der Waals surface area contributed by atoms with Crippen LogP contribution in [0.1, 0.15) is 11.6 Å². The zero-order valence-corrected chi connectivity index (χ0v) is 14.8. The van der Waals surface area contributed by atoms with Crippen LogP contribution in [0, 0.1) is 0 Å². The van der Waals surface area contributed by atoms with Gasteiger partial charge in [-0.25, -0.2) is 22.9 Å². The number of halogens is 1. The second-order valence-electron chi connectivity index (χ2n) is 5.05. The Kier molecular flexibility index (Phi) is 4.59. The highest BCUT2D eigenvalue weighted by molar-refractivity contribution is 9.10. The first-order valence-electron chi connectivity index (χ1n) is 7.07. The van der Waals surface area contributed by atoms with Crippen LogP contribution in [0.4, 0.5) is 4.79 Å². The van der Waals surface area contributed by atoms with Crippen LogP contribution in [-0.2, 0) is 10.0 Å². The van der Waals surface area contributed by atoms with Crippen molar-refractivity contribution in [2.75, 3.05) is 0 Å². The summed E-state index contributed by atoms with van der Waals surface area (Å²) in [4.78, 5) is 12.4. The van der Waals surface area contributed by atoms with Crippen LogP contribution in [0.25, 0.3) is 0 Å². The predicted octanol–water partition coefficient (Wildman–Crippen LogP) is 2.92. The molecule has 24 heavy (non-hydrogen) atoms. The normalized spacial score (nSPS) is 16.7. The maximum atomic E-state index is 12.4. The Balaban J connectivity index is 1.81. The number of urea groups is 1. The van der Waals surface area contributed by atoms with Gasteiger partial charge >= 0.3 is 6.03 Å². The standard InChI is InChI=1S/C16H14BrN3O3S/c17-13-8-4-5-9-15(13)24(22,23)19-16(21)20-14(10-11-18-20)12-6-2-1-3-7-12/h1-11,14,18H,(H,19,21). The number of rotatable bonds is 3. The predicted molar refractivity (Wildman–Crippen MR) is 93.2 cm³/mol. The van der Waals surface area contributed by atoms with Crippen molar-refractivity contribution in [1.82, 2.24) is 15.2 Å². The van der Waals surface area contributed by atoms with Crippen molar-refractivity contribution < 1.29 is 13.2 Å². The van der Waals surface area contributed by atoms with E-state index < -0.39 is 16.1 Å². The summed E-state index contributed by atoms with van der Waals surface area (Å²) in [5, 5.41) is 1.23. The van der Waals surface area contributed by atoms with E-state index in [9.17, 15) is 13.2 Å². The average Bonchev–Trinajstić information content (AvgIpc) is 3.05. The maximum absolute atomic E-state index is 12.4. The van der Waals surface area contributed by atoms with E-state index in [1.807, 2.05) is 30.3 Å². The molecule has 1 aliphatic heterocycles. The van der Waals surface area contributed by atoms with Gasteiger partial charge in [0.2, 0.25) is 0 Å². The van der Waals surface area contributed by atoms with Crippen molar-refractivity contribution in [2.24, 2.45) is 0 Å². The van der Waals surface area contributed by atoms with Crippen LogP contribution < -0.4 is 10.1 Å². The summed E-state index contributed by atoms with van der Waals surface area (Å²) in [5.74, 6) is 0. The molecule has 0 saturated carbocycles. The molecule has 2 aromatic carbocycles. The Morgan fingerprint density at radius 2 is 1.75 bits per heavy atom. The lowest BCUT2D eigenvalue weighted by molar-refractivity contribution is 0.181. The third kappa shape index (κ3) is 3.29. The third-order valence-corrected chi connectivity index (χ3v) is 5.81. The number of hydrogen-bond acceptors (Lipinski definition) is 4. The van der Waals surface area contributed by atoms with Crippen molar-refractivity contribution in [1.29, 1.82) is 0 Å². The molecule has 1 atom stereocenters. The third-order valence-electron chi connectivity index (χ3n) is 3.48. The Morgan fingerprint density at radius 3 is 2.46 bits per heavy atom. The van der Waals surface area contributed by atoms with E-state index in [1.54, 1.807) is 30.5 Å². The van der Waals surface area contributed by atoms with Gasteiger partial charge < -0.3 is 5.43 Å². The summed E-state index contributed by atoms with van der Waals surface area (Å²) >= 11 is 3.18. The minimum Gasteiger partial charge on any atom is -0.301 e. The highest BCUT2D eigenvalue weighted by Crippen LogP contribution is 2.25. The molecular weight excluding hydrogens is 394 g/mol. The lowest BCUT2D eigenvalue weighted by Crippen LogP contribution is -2.47. The van der Waals surface area contributed by atoms with Crippen molar-refractivity contribution in [3.05, 3.63) is 76.9 Å². The van der Waals surface area contributed by atoms with E-state index in [0.29, 0.717) is 4.47 Å². The van der Waals surface area contributed by atoms with Gasteiger partial charge in [0.25, 0.3) is 10.0 Å². The number of nitrogens with zero attached hydrogens (tertiary/aromatic N) is 1. The first kappa shape index (κ1) is 16.5. The first-order chi connectivity index (χ1) is 11.5. The Morgan fingerprint density at radius 1 is 1.08 bits per heavy atom. The number of hydrogen-bond donors (Lipinski definition) is 2. The number of carbonyl (C=O) groups excluding carboxylic acids is 1. The van der Waals surface area contributed by atoms with Crippen LogP contribution in [0.5, 0.6) is 0 Å². The van der Waals surface area contributed by atoms with Gasteiger partial charge in [0.15, 0.2) is 0 Å². The molecule has 0 aromatic heterocycles. The Labute approximate surface area is 148 Å². The number of sulfonamides is 1. The topological polar surface area (TPSA) is 78.5 Å². The SMILES string of the molecule is O=C(NS(=O)(=O)c1ccccc1Br)N1NC=CC1c1ccccc1. The number of amides is 2. The van der Waals surface area contributed by atoms with E-state index in [1.165, 1.54) is 11.1 Å². The molecule has 0 saturated heterocycles. The fraction of sp³-hybridized carbons (Fsp3) is 0.0625. The summed E-state index contributed by atoms with van der Waals surface area (Å²) in [6, 6.07) is 14.5. The molecule has 1 heterocycles.